The van der Waals surface area contributed by atoms with Gasteiger partial charge in [0.05, 0.1) is 12.1 Å². The number of fused-ring (bicyclic) bond motifs is 1. The summed E-state index contributed by atoms with van der Waals surface area (Å²) in [6.07, 6.45) is 2.85. The van der Waals surface area contributed by atoms with Crippen LogP contribution in [0.15, 0.2) is 54.6 Å². The molecule has 7 nitrogen and oxygen atoms in total. The Balaban J connectivity index is 1.80. The van der Waals surface area contributed by atoms with Gasteiger partial charge in [0.25, 0.3) is 0 Å². The maximum absolute atomic E-state index is 13.5. The van der Waals surface area contributed by atoms with Gasteiger partial charge in [-0.3, -0.25) is 14.4 Å². The number of nitrogens with one attached hydrogen (secondary N) is 4. The van der Waals surface area contributed by atoms with Crippen LogP contribution >= 0.6 is 0 Å². The maximum Gasteiger partial charge on any atom is 0.247 e. The summed E-state index contributed by atoms with van der Waals surface area (Å²) in [5.74, 6) is -1.08. The first-order chi connectivity index (χ1) is 16.3. The molecule has 182 valence electrons. The van der Waals surface area contributed by atoms with Gasteiger partial charge in [-0.05, 0) is 55.8 Å². The van der Waals surface area contributed by atoms with E-state index in [1.807, 2.05) is 56.3 Å². The van der Waals surface area contributed by atoms with Crippen LogP contribution in [0.25, 0.3) is 0 Å². The van der Waals surface area contributed by atoms with Crippen molar-refractivity contribution in [1.29, 1.82) is 0 Å². The second-order valence-corrected chi connectivity index (χ2v) is 9.25. The van der Waals surface area contributed by atoms with Gasteiger partial charge in [-0.2, -0.15) is 0 Å². The minimum atomic E-state index is -0.873. The van der Waals surface area contributed by atoms with Gasteiger partial charge in [0, 0.05) is 0 Å². The fraction of sp³-hybridized carbons (Fsp3) is 0.444. The van der Waals surface area contributed by atoms with Gasteiger partial charge in [0.2, 0.25) is 17.7 Å². The fourth-order valence-electron chi connectivity index (χ4n) is 4.28. The predicted octanol–water partition coefficient (Wildman–Crippen LogP) is 2.79. The Hall–Kier alpha value is -3.19. The Kier molecular flexibility index (Phi) is 8.82. The van der Waals surface area contributed by atoms with Crippen LogP contribution in [0.4, 0.5) is 0 Å². The van der Waals surface area contributed by atoms with E-state index in [2.05, 4.69) is 33.4 Å². The zero-order valence-electron chi connectivity index (χ0n) is 20.4. The highest BCUT2D eigenvalue weighted by atomic mass is 16.2. The molecule has 3 amide bonds. The van der Waals surface area contributed by atoms with E-state index in [0.717, 1.165) is 24.8 Å². The molecule has 0 aromatic heterocycles. The SMILES string of the molecule is CNC(C)C(=O)NC(C(=O)NC(C(=O)NC1CCCc2ccccc21)c1ccccc1)C(C)C. The Morgan fingerprint density at radius 2 is 1.53 bits per heavy atom. The van der Waals surface area contributed by atoms with Crippen LogP contribution in [0.1, 0.15) is 62.4 Å². The zero-order chi connectivity index (χ0) is 24.7. The van der Waals surface area contributed by atoms with Gasteiger partial charge in [-0.25, -0.2) is 0 Å². The maximum atomic E-state index is 13.5. The van der Waals surface area contributed by atoms with Crippen molar-refractivity contribution < 1.29 is 14.4 Å². The zero-order valence-corrected chi connectivity index (χ0v) is 20.4. The molecule has 1 aliphatic rings. The van der Waals surface area contributed by atoms with E-state index < -0.39 is 18.1 Å². The van der Waals surface area contributed by atoms with Crippen molar-refractivity contribution in [2.24, 2.45) is 5.92 Å². The number of likely N-dealkylation sites (N-methyl/N-ethyl adjacent to an activating group) is 1. The van der Waals surface area contributed by atoms with E-state index in [4.69, 9.17) is 0 Å². The van der Waals surface area contributed by atoms with E-state index in [0.29, 0.717) is 5.56 Å². The Labute approximate surface area is 202 Å². The lowest BCUT2D eigenvalue weighted by molar-refractivity contribution is -0.133. The highest BCUT2D eigenvalue weighted by Crippen LogP contribution is 2.30. The first-order valence-corrected chi connectivity index (χ1v) is 12.0. The molecule has 4 N–H and O–H groups in total. The average Bonchev–Trinajstić information content (AvgIpc) is 2.85. The average molecular weight is 465 g/mol. The molecule has 3 rings (SSSR count). The normalized spacial score (nSPS) is 17.7. The van der Waals surface area contributed by atoms with Crippen molar-refractivity contribution in [2.45, 2.75) is 64.2 Å². The number of carbonyl (C=O) groups is 3. The molecule has 0 radical (unpaired) electrons. The number of hydrogen-bond acceptors (Lipinski definition) is 4. The van der Waals surface area contributed by atoms with E-state index in [1.165, 1.54) is 5.56 Å². The number of carbonyl (C=O) groups excluding carboxylic acids is 3. The Bertz CT molecular complexity index is 992. The van der Waals surface area contributed by atoms with Crippen LogP contribution in [0.2, 0.25) is 0 Å². The van der Waals surface area contributed by atoms with E-state index >= 15 is 0 Å². The fourth-order valence-corrected chi connectivity index (χ4v) is 4.28. The monoisotopic (exact) mass is 464 g/mol. The number of amides is 3. The molecule has 0 spiro atoms. The van der Waals surface area contributed by atoms with Crippen molar-refractivity contribution in [2.75, 3.05) is 7.05 Å². The quantitative estimate of drug-likeness (QED) is 0.459. The Morgan fingerprint density at radius 3 is 2.21 bits per heavy atom. The molecule has 0 bridgehead atoms. The molecule has 4 unspecified atom stereocenters. The van der Waals surface area contributed by atoms with Crippen molar-refractivity contribution >= 4 is 17.7 Å². The smallest absolute Gasteiger partial charge is 0.247 e. The van der Waals surface area contributed by atoms with Crippen LogP contribution in [-0.4, -0.2) is 36.9 Å². The van der Waals surface area contributed by atoms with Gasteiger partial charge >= 0.3 is 0 Å². The van der Waals surface area contributed by atoms with Crippen molar-refractivity contribution in [3.63, 3.8) is 0 Å². The summed E-state index contributed by atoms with van der Waals surface area (Å²) >= 11 is 0. The lowest BCUT2D eigenvalue weighted by Crippen LogP contribution is -2.55. The highest BCUT2D eigenvalue weighted by Gasteiger charge is 2.32. The van der Waals surface area contributed by atoms with Gasteiger partial charge in [0.1, 0.15) is 12.1 Å². The standard InChI is InChI=1S/C27H36N4O3/c1-17(2)23(30-25(32)18(3)28-4)26(33)31-24(20-12-6-5-7-13-20)27(34)29-22-16-10-14-19-11-8-9-15-21(19)22/h5-9,11-13,15,17-18,22-24,28H,10,14,16H2,1-4H3,(H,29,34)(H,30,32)(H,31,33). The van der Waals surface area contributed by atoms with Crippen LogP contribution in [0, 0.1) is 5.92 Å². The van der Waals surface area contributed by atoms with E-state index in [-0.39, 0.29) is 29.7 Å². The summed E-state index contributed by atoms with van der Waals surface area (Å²) < 4.78 is 0. The Morgan fingerprint density at radius 1 is 0.853 bits per heavy atom. The number of hydrogen-bond donors (Lipinski definition) is 4. The third-order valence-electron chi connectivity index (χ3n) is 6.44. The molecule has 0 saturated carbocycles. The van der Waals surface area contributed by atoms with E-state index in [9.17, 15) is 14.4 Å². The first-order valence-electron chi connectivity index (χ1n) is 12.0. The lowest BCUT2D eigenvalue weighted by Gasteiger charge is -2.30. The van der Waals surface area contributed by atoms with Crippen LogP contribution in [0.5, 0.6) is 0 Å². The molecule has 34 heavy (non-hydrogen) atoms. The third kappa shape index (κ3) is 6.23. The van der Waals surface area contributed by atoms with Crippen LogP contribution in [0.3, 0.4) is 0 Å². The van der Waals surface area contributed by atoms with Gasteiger partial charge < -0.3 is 21.3 Å². The molecular weight excluding hydrogens is 428 g/mol. The summed E-state index contributed by atoms with van der Waals surface area (Å²) in [5, 5.41) is 11.8. The van der Waals surface area contributed by atoms with Crippen LogP contribution < -0.4 is 21.3 Å². The lowest BCUT2D eigenvalue weighted by atomic mass is 9.87. The molecule has 1 aliphatic carbocycles. The molecule has 0 saturated heterocycles. The number of rotatable bonds is 9. The van der Waals surface area contributed by atoms with Crippen LogP contribution in [-0.2, 0) is 20.8 Å². The minimum Gasteiger partial charge on any atom is -0.347 e. The summed E-state index contributed by atoms with van der Waals surface area (Å²) in [7, 11) is 1.69. The molecule has 4 atom stereocenters. The minimum absolute atomic E-state index is 0.0994. The van der Waals surface area contributed by atoms with Gasteiger partial charge in [-0.1, -0.05) is 68.4 Å². The molecule has 7 heteroatoms. The summed E-state index contributed by atoms with van der Waals surface area (Å²) in [6.45, 7) is 5.46. The molecule has 2 aromatic rings. The predicted molar refractivity (Wildman–Crippen MR) is 133 cm³/mol. The molecule has 0 aliphatic heterocycles. The second kappa shape index (κ2) is 11.8. The highest BCUT2D eigenvalue weighted by molar-refractivity contribution is 5.93. The molecule has 2 aromatic carbocycles. The first kappa shape index (κ1) is 25.4. The summed E-state index contributed by atoms with van der Waals surface area (Å²) in [6, 6.07) is 15.2. The van der Waals surface area contributed by atoms with Crippen molar-refractivity contribution in [1.82, 2.24) is 21.3 Å². The summed E-state index contributed by atoms with van der Waals surface area (Å²) in [5.41, 5.74) is 3.07. The summed E-state index contributed by atoms with van der Waals surface area (Å²) in [4.78, 5) is 39.2. The van der Waals surface area contributed by atoms with Crippen molar-refractivity contribution in [3.05, 3.63) is 71.3 Å². The number of benzene rings is 2. The van der Waals surface area contributed by atoms with E-state index in [1.54, 1.807) is 14.0 Å². The number of aryl methyl sites for hydroxylation is 1. The largest absolute Gasteiger partial charge is 0.347 e. The molecule has 0 heterocycles. The van der Waals surface area contributed by atoms with Crippen molar-refractivity contribution in [3.8, 4) is 0 Å². The van der Waals surface area contributed by atoms with Gasteiger partial charge in [0.15, 0.2) is 0 Å². The third-order valence-corrected chi connectivity index (χ3v) is 6.44. The molecule has 0 fully saturated rings. The van der Waals surface area contributed by atoms with Gasteiger partial charge in [-0.15, -0.1) is 0 Å². The second-order valence-electron chi connectivity index (χ2n) is 9.25. The topological polar surface area (TPSA) is 99.3 Å². The molecular formula is C27H36N4O3.